The van der Waals surface area contributed by atoms with Crippen LogP contribution in [0, 0.1) is 0 Å². The molecule has 0 unspecified atom stereocenters. The number of hydrogen-bond donors (Lipinski definition) is 2. The van der Waals surface area contributed by atoms with E-state index >= 15 is 0 Å². The lowest BCUT2D eigenvalue weighted by Crippen LogP contribution is -2.40. The lowest BCUT2D eigenvalue weighted by atomic mass is 9.92. The number of ether oxygens (including phenoxy) is 1. The van der Waals surface area contributed by atoms with E-state index in [-0.39, 0.29) is 0 Å². The van der Waals surface area contributed by atoms with E-state index in [0.29, 0.717) is 5.56 Å². The van der Waals surface area contributed by atoms with Crippen molar-refractivity contribution in [1.29, 1.82) is 0 Å². The first-order valence-corrected chi connectivity index (χ1v) is 5.20. The molecule has 0 aliphatic carbocycles. The third kappa shape index (κ3) is 2.61. The molecule has 1 aromatic carbocycles. The number of rotatable bonds is 2. The number of carbonyl (C=O) groups excluding carboxylic acids is 2. The van der Waals surface area contributed by atoms with E-state index in [1.165, 1.54) is 19.1 Å². The summed E-state index contributed by atoms with van der Waals surface area (Å²) in [4.78, 5) is 22.7. The summed E-state index contributed by atoms with van der Waals surface area (Å²) in [5.41, 5.74) is -0.946. The van der Waals surface area contributed by atoms with E-state index in [2.05, 4.69) is 15.4 Å². The van der Waals surface area contributed by atoms with Crippen molar-refractivity contribution in [2.24, 2.45) is 0 Å². The fraction of sp³-hybridized carbons (Fsp3) is 0.273. The lowest BCUT2D eigenvalue weighted by Gasteiger charge is -2.21. The Labute approximate surface area is 105 Å². The molecule has 102 valence electrons. The summed E-state index contributed by atoms with van der Waals surface area (Å²) in [7, 11) is 0. The molecule has 1 heterocycles. The van der Waals surface area contributed by atoms with Crippen molar-refractivity contribution in [3.8, 4) is 5.75 Å². The van der Waals surface area contributed by atoms with Gasteiger partial charge in [0.1, 0.15) is 11.3 Å². The number of imide groups is 1. The maximum Gasteiger partial charge on any atom is 0.573 e. The molecule has 0 saturated carbocycles. The Kier molecular flexibility index (Phi) is 2.88. The van der Waals surface area contributed by atoms with Crippen molar-refractivity contribution < 1.29 is 27.5 Å². The van der Waals surface area contributed by atoms with E-state index in [0.717, 1.165) is 12.1 Å². The second kappa shape index (κ2) is 4.15. The number of urea groups is 1. The summed E-state index contributed by atoms with van der Waals surface area (Å²) in [6, 6.07) is 4.07. The van der Waals surface area contributed by atoms with E-state index < -0.39 is 29.6 Å². The monoisotopic (exact) mass is 274 g/mol. The molecule has 1 aliphatic heterocycles. The van der Waals surface area contributed by atoms with Crippen LogP contribution < -0.4 is 15.4 Å². The van der Waals surface area contributed by atoms with Gasteiger partial charge in [0.25, 0.3) is 5.91 Å². The number of hydrogen-bond acceptors (Lipinski definition) is 3. The van der Waals surface area contributed by atoms with Gasteiger partial charge >= 0.3 is 12.4 Å². The summed E-state index contributed by atoms with van der Waals surface area (Å²) in [5, 5.41) is 4.46. The Balaban J connectivity index is 2.24. The lowest BCUT2D eigenvalue weighted by molar-refractivity contribution is -0.274. The normalized spacial score (nSPS) is 22.9. The minimum Gasteiger partial charge on any atom is -0.406 e. The predicted molar refractivity (Wildman–Crippen MR) is 57.2 cm³/mol. The molecule has 0 bridgehead atoms. The molecule has 3 amide bonds. The summed E-state index contributed by atoms with van der Waals surface area (Å²) in [6.07, 6.45) is -4.77. The molecular weight excluding hydrogens is 265 g/mol. The van der Waals surface area contributed by atoms with E-state index in [1.54, 1.807) is 0 Å². The Hall–Kier alpha value is -2.25. The molecule has 19 heavy (non-hydrogen) atoms. The van der Waals surface area contributed by atoms with Crippen molar-refractivity contribution in [2.75, 3.05) is 0 Å². The van der Waals surface area contributed by atoms with Crippen molar-refractivity contribution >= 4 is 11.9 Å². The zero-order valence-corrected chi connectivity index (χ0v) is 9.67. The SMILES string of the molecule is C[C@]1(c2ccc(OC(F)(F)F)cc2)NC(=O)NC1=O. The van der Waals surface area contributed by atoms with Crippen molar-refractivity contribution in [2.45, 2.75) is 18.8 Å². The minimum absolute atomic E-state index is 0.352. The van der Waals surface area contributed by atoms with Crippen LogP contribution in [-0.2, 0) is 10.3 Å². The highest BCUT2D eigenvalue weighted by Gasteiger charge is 2.43. The molecule has 0 radical (unpaired) electrons. The van der Waals surface area contributed by atoms with Gasteiger partial charge in [0.2, 0.25) is 0 Å². The van der Waals surface area contributed by atoms with Gasteiger partial charge in [0.05, 0.1) is 0 Å². The molecule has 0 spiro atoms. The Bertz CT molecular complexity index is 527. The summed E-state index contributed by atoms with van der Waals surface area (Å²) in [6.45, 7) is 1.45. The van der Waals surface area contributed by atoms with Crippen molar-refractivity contribution in [3.05, 3.63) is 29.8 Å². The Morgan fingerprint density at radius 2 is 1.74 bits per heavy atom. The molecule has 1 saturated heterocycles. The summed E-state index contributed by atoms with van der Waals surface area (Å²) >= 11 is 0. The van der Waals surface area contributed by atoms with Crippen molar-refractivity contribution in [3.63, 3.8) is 0 Å². The van der Waals surface area contributed by atoms with Crippen LogP contribution in [0.1, 0.15) is 12.5 Å². The van der Waals surface area contributed by atoms with Crippen LogP contribution in [0.15, 0.2) is 24.3 Å². The number of amides is 3. The first kappa shape index (κ1) is 13.2. The molecule has 1 aliphatic rings. The first-order valence-electron chi connectivity index (χ1n) is 5.20. The largest absolute Gasteiger partial charge is 0.573 e. The van der Waals surface area contributed by atoms with Gasteiger partial charge in [-0.3, -0.25) is 10.1 Å². The van der Waals surface area contributed by atoms with Crippen LogP contribution >= 0.6 is 0 Å². The molecule has 1 fully saturated rings. The zero-order chi connectivity index (χ0) is 14.3. The standard InChI is InChI=1S/C11H9F3N2O3/c1-10(8(17)15-9(18)16-10)6-2-4-7(5-3-6)19-11(12,13)14/h2-5H,1H3,(H2,15,16,17,18)/t10-/m1/s1. The molecule has 5 nitrogen and oxygen atoms in total. The van der Waals surface area contributed by atoms with Gasteiger partial charge in [0, 0.05) is 0 Å². The zero-order valence-electron chi connectivity index (χ0n) is 9.67. The maximum atomic E-state index is 12.0. The average Bonchev–Trinajstić information content (AvgIpc) is 2.52. The van der Waals surface area contributed by atoms with Gasteiger partial charge < -0.3 is 10.1 Å². The second-order valence-corrected chi connectivity index (χ2v) is 4.11. The average molecular weight is 274 g/mol. The highest BCUT2D eigenvalue weighted by Crippen LogP contribution is 2.28. The number of carbonyl (C=O) groups is 2. The molecule has 1 atom stereocenters. The van der Waals surface area contributed by atoms with Crippen LogP contribution in [0.4, 0.5) is 18.0 Å². The second-order valence-electron chi connectivity index (χ2n) is 4.11. The highest BCUT2D eigenvalue weighted by atomic mass is 19.4. The Morgan fingerprint density at radius 3 is 2.16 bits per heavy atom. The van der Waals surface area contributed by atoms with Crippen LogP contribution in [-0.4, -0.2) is 18.3 Å². The van der Waals surface area contributed by atoms with Gasteiger partial charge in [-0.1, -0.05) is 12.1 Å². The van der Waals surface area contributed by atoms with E-state index in [4.69, 9.17) is 0 Å². The van der Waals surface area contributed by atoms with Crippen molar-refractivity contribution in [1.82, 2.24) is 10.6 Å². The van der Waals surface area contributed by atoms with Gasteiger partial charge in [-0.25, -0.2) is 4.79 Å². The minimum atomic E-state index is -4.77. The molecule has 0 aromatic heterocycles. The smallest absolute Gasteiger partial charge is 0.406 e. The van der Waals surface area contributed by atoms with E-state index in [1.807, 2.05) is 0 Å². The molecule has 2 N–H and O–H groups in total. The van der Waals surface area contributed by atoms with Crippen LogP contribution in [0.25, 0.3) is 0 Å². The summed E-state index contributed by atoms with van der Waals surface area (Å²) in [5.74, 6) is -0.966. The van der Waals surface area contributed by atoms with Crippen LogP contribution in [0.2, 0.25) is 0 Å². The van der Waals surface area contributed by atoms with Gasteiger partial charge in [0.15, 0.2) is 0 Å². The Morgan fingerprint density at radius 1 is 1.16 bits per heavy atom. The highest BCUT2D eigenvalue weighted by molar-refractivity contribution is 6.07. The number of halogens is 3. The fourth-order valence-corrected chi connectivity index (χ4v) is 1.74. The molecule has 2 rings (SSSR count). The van der Waals surface area contributed by atoms with Gasteiger partial charge in [-0.2, -0.15) is 0 Å². The number of benzene rings is 1. The molecule has 8 heteroatoms. The van der Waals surface area contributed by atoms with Gasteiger partial charge in [-0.15, -0.1) is 13.2 Å². The quantitative estimate of drug-likeness (QED) is 0.806. The van der Waals surface area contributed by atoms with Gasteiger partial charge in [-0.05, 0) is 24.6 Å². The number of alkyl halides is 3. The first-order chi connectivity index (χ1) is 8.71. The molecule has 1 aromatic rings. The van der Waals surface area contributed by atoms with E-state index in [9.17, 15) is 22.8 Å². The van der Waals surface area contributed by atoms with Crippen LogP contribution in [0.5, 0.6) is 5.75 Å². The van der Waals surface area contributed by atoms with Crippen LogP contribution in [0.3, 0.4) is 0 Å². The molecular formula is C11H9F3N2O3. The predicted octanol–water partition coefficient (Wildman–Crippen LogP) is 1.64. The number of nitrogens with one attached hydrogen (secondary N) is 2. The third-order valence-corrected chi connectivity index (χ3v) is 2.71. The topological polar surface area (TPSA) is 67.4 Å². The third-order valence-electron chi connectivity index (χ3n) is 2.71. The fourth-order valence-electron chi connectivity index (χ4n) is 1.74. The maximum absolute atomic E-state index is 12.0. The summed E-state index contributed by atoms with van der Waals surface area (Å²) < 4.78 is 39.7.